The number of carbonyl (C=O) groups is 2. The molecule has 1 fully saturated rings. The first-order chi connectivity index (χ1) is 14.4. The maximum absolute atomic E-state index is 13.8. The third-order valence-electron chi connectivity index (χ3n) is 4.98. The molecule has 0 bridgehead atoms. The summed E-state index contributed by atoms with van der Waals surface area (Å²) in [5.74, 6) is -2.64. The van der Waals surface area contributed by atoms with Gasteiger partial charge in [0.15, 0.2) is 6.61 Å². The molecule has 0 aromatic heterocycles. The first kappa shape index (κ1) is 21.9. The molecule has 8 heteroatoms. The smallest absolute Gasteiger partial charge is 0.338 e. The molecule has 1 saturated heterocycles. The minimum absolute atomic E-state index is 0.147. The molecule has 6 nitrogen and oxygen atoms in total. The van der Waals surface area contributed by atoms with Crippen LogP contribution in [0.3, 0.4) is 0 Å². The van der Waals surface area contributed by atoms with Gasteiger partial charge in [-0.15, -0.1) is 0 Å². The van der Waals surface area contributed by atoms with Crippen LogP contribution in [0.5, 0.6) is 0 Å². The number of esters is 1. The molecule has 2 aromatic carbocycles. The summed E-state index contributed by atoms with van der Waals surface area (Å²) in [7, 11) is 0. The fourth-order valence-corrected chi connectivity index (χ4v) is 3.31. The van der Waals surface area contributed by atoms with Gasteiger partial charge in [-0.3, -0.25) is 4.79 Å². The summed E-state index contributed by atoms with van der Waals surface area (Å²) in [6.45, 7) is 5.36. The lowest BCUT2D eigenvalue weighted by Crippen LogP contribution is -3.12. The van der Waals surface area contributed by atoms with Crippen molar-refractivity contribution in [2.45, 2.75) is 19.5 Å². The average Bonchev–Trinajstić information content (AvgIpc) is 2.73. The predicted molar refractivity (Wildman–Crippen MR) is 105 cm³/mol. The van der Waals surface area contributed by atoms with E-state index >= 15 is 0 Å². The average molecular weight is 419 g/mol. The second kappa shape index (κ2) is 10.3. The van der Waals surface area contributed by atoms with Crippen LogP contribution in [0.1, 0.15) is 34.5 Å². The third-order valence-corrected chi connectivity index (χ3v) is 4.98. The molecule has 0 saturated carbocycles. The van der Waals surface area contributed by atoms with Crippen LogP contribution in [0.25, 0.3) is 0 Å². The molecular formula is C22H25F2N2O4+. The summed E-state index contributed by atoms with van der Waals surface area (Å²) in [5, 5.41) is 2.53. The minimum atomic E-state index is -0.751. The van der Waals surface area contributed by atoms with Crippen molar-refractivity contribution in [2.75, 3.05) is 32.9 Å². The first-order valence-corrected chi connectivity index (χ1v) is 9.84. The second-order valence-corrected chi connectivity index (χ2v) is 7.27. The van der Waals surface area contributed by atoms with Crippen molar-refractivity contribution >= 4 is 11.9 Å². The number of halogens is 2. The molecule has 160 valence electrons. The van der Waals surface area contributed by atoms with Gasteiger partial charge in [0, 0.05) is 17.2 Å². The third kappa shape index (κ3) is 6.08. The van der Waals surface area contributed by atoms with Gasteiger partial charge in [-0.05, 0) is 25.1 Å². The Morgan fingerprint density at radius 1 is 1.13 bits per heavy atom. The van der Waals surface area contributed by atoms with E-state index in [2.05, 4.69) is 5.32 Å². The molecule has 0 aliphatic carbocycles. The van der Waals surface area contributed by atoms with Gasteiger partial charge < -0.3 is 19.7 Å². The maximum Gasteiger partial charge on any atom is 0.338 e. The quantitative estimate of drug-likeness (QED) is 0.666. The van der Waals surface area contributed by atoms with E-state index in [0.717, 1.165) is 50.5 Å². The van der Waals surface area contributed by atoms with Crippen LogP contribution in [0.4, 0.5) is 8.78 Å². The second-order valence-electron chi connectivity index (χ2n) is 7.27. The number of rotatable bonds is 7. The highest BCUT2D eigenvalue weighted by Gasteiger charge is 2.17. The van der Waals surface area contributed by atoms with Crippen molar-refractivity contribution in [1.82, 2.24) is 5.32 Å². The Balaban J connectivity index is 1.46. The summed E-state index contributed by atoms with van der Waals surface area (Å²) in [5.41, 5.74) is 1.60. The maximum atomic E-state index is 13.8. The van der Waals surface area contributed by atoms with Gasteiger partial charge in [0.1, 0.15) is 31.3 Å². The molecule has 0 radical (unpaired) electrons. The monoisotopic (exact) mass is 419 g/mol. The summed E-state index contributed by atoms with van der Waals surface area (Å²) in [4.78, 5) is 25.6. The number of ether oxygens (including phenoxy) is 2. The highest BCUT2D eigenvalue weighted by Crippen LogP contribution is 2.17. The topological polar surface area (TPSA) is 69.1 Å². The highest BCUT2D eigenvalue weighted by molar-refractivity contribution is 5.91. The molecule has 2 aromatic rings. The van der Waals surface area contributed by atoms with E-state index in [1.807, 2.05) is 12.1 Å². The molecule has 30 heavy (non-hydrogen) atoms. The van der Waals surface area contributed by atoms with Crippen LogP contribution in [-0.4, -0.2) is 44.8 Å². The van der Waals surface area contributed by atoms with Gasteiger partial charge in [-0.2, -0.15) is 0 Å². The van der Waals surface area contributed by atoms with E-state index < -0.39 is 36.2 Å². The number of nitrogens with one attached hydrogen (secondary N) is 2. The molecule has 0 spiro atoms. The molecule has 3 rings (SSSR count). The molecule has 1 aliphatic heterocycles. The number of quaternary nitrogens is 1. The van der Waals surface area contributed by atoms with Crippen molar-refractivity contribution in [1.29, 1.82) is 0 Å². The zero-order chi connectivity index (χ0) is 21.5. The van der Waals surface area contributed by atoms with Gasteiger partial charge in [-0.1, -0.05) is 18.2 Å². The Morgan fingerprint density at radius 2 is 1.83 bits per heavy atom. The van der Waals surface area contributed by atoms with E-state index in [4.69, 9.17) is 9.47 Å². The van der Waals surface area contributed by atoms with Crippen molar-refractivity contribution in [2.24, 2.45) is 0 Å². The van der Waals surface area contributed by atoms with E-state index in [-0.39, 0.29) is 5.56 Å². The van der Waals surface area contributed by atoms with Crippen LogP contribution in [0, 0.1) is 11.6 Å². The van der Waals surface area contributed by atoms with Gasteiger partial charge in [0.25, 0.3) is 5.91 Å². The van der Waals surface area contributed by atoms with Gasteiger partial charge in [0.2, 0.25) is 0 Å². The van der Waals surface area contributed by atoms with E-state index in [0.29, 0.717) is 5.56 Å². The van der Waals surface area contributed by atoms with Crippen LogP contribution >= 0.6 is 0 Å². The highest BCUT2D eigenvalue weighted by atomic mass is 19.1. The molecule has 1 heterocycles. The van der Waals surface area contributed by atoms with Crippen molar-refractivity contribution in [3.63, 3.8) is 0 Å². The number of benzene rings is 2. The van der Waals surface area contributed by atoms with Gasteiger partial charge in [0.05, 0.1) is 24.8 Å². The normalized spacial score (nSPS) is 15.4. The SMILES string of the molecule is C[C@H](NC(=O)COC(=O)c1ccc(C[NH+]2CCOCC2)cc1)c1ccc(F)cc1F. The van der Waals surface area contributed by atoms with Crippen molar-refractivity contribution in [3.05, 3.63) is 70.8 Å². The summed E-state index contributed by atoms with van der Waals surface area (Å²) < 4.78 is 37.2. The summed E-state index contributed by atoms with van der Waals surface area (Å²) in [6, 6.07) is 9.53. The minimum Gasteiger partial charge on any atom is -0.452 e. The summed E-state index contributed by atoms with van der Waals surface area (Å²) >= 11 is 0. The number of carbonyl (C=O) groups excluding carboxylic acids is 2. The van der Waals surface area contributed by atoms with Crippen LogP contribution in [-0.2, 0) is 20.8 Å². The molecule has 1 amide bonds. The van der Waals surface area contributed by atoms with E-state index in [9.17, 15) is 18.4 Å². The fraction of sp³-hybridized carbons (Fsp3) is 0.364. The Morgan fingerprint density at radius 3 is 2.50 bits per heavy atom. The van der Waals surface area contributed by atoms with E-state index in [1.54, 1.807) is 19.1 Å². The van der Waals surface area contributed by atoms with Gasteiger partial charge >= 0.3 is 5.97 Å². The number of morpholine rings is 1. The first-order valence-electron chi connectivity index (χ1n) is 9.84. The number of hydrogen-bond donors (Lipinski definition) is 2. The Labute approximate surface area is 173 Å². The lowest BCUT2D eigenvalue weighted by atomic mass is 10.1. The zero-order valence-corrected chi connectivity index (χ0v) is 16.8. The van der Waals surface area contributed by atoms with Crippen molar-refractivity contribution in [3.8, 4) is 0 Å². The molecule has 2 N–H and O–H groups in total. The zero-order valence-electron chi connectivity index (χ0n) is 16.8. The molecule has 1 atom stereocenters. The largest absolute Gasteiger partial charge is 0.452 e. The predicted octanol–water partition coefficient (Wildman–Crippen LogP) is 1.41. The standard InChI is InChI=1S/C22H24F2N2O4/c1-15(19-7-6-18(23)12-20(19)24)25-21(27)14-30-22(28)17-4-2-16(3-5-17)13-26-8-10-29-11-9-26/h2-7,12,15H,8-11,13-14H2,1H3,(H,25,27)/p+1/t15-/m0/s1. The van der Waals surface area contributed by atoms with Crippen molar-refractivity contribution < 1.29 is 32.7 Å². The van der Waals surface area contributed by atoms with Crippen LogP contribution < -0.4 is 10.2 Å². The van der Waals surface area contributed by atoms with E-state index in [1.165, 1.54) is 11.0 Å². The molecular weight excluding hydrogens is 394 g/mol. The summed E-state index contributed by atoms with van der Waals surface area (Å²) in [6.07, 6.45) is 0. The Bertz CT molecular complexity index is 883. The Hall–Kier alpha value is -2.84. The van der Waals surface area contributed by atoms with Gasteiger partial charge in [-0.25, -0.2) is 13.6 Å². The lowest BCUT2D eigenvalue weighted by molar-refractivity contribution is -0.921. The van der Waals surface area contributed by atoms with Crippen LogP contribution in [0.15, 0.2) is 42.5 Å². The lowest BCUT2D eigenvalue weighted by Gasteiger charge is -2.23. The Kier molecular flexibility index (Phi) is 7.48. The number of hydrogen-bond acceptors (Lipinski definition) is 4. The van der Waals surface area contributed by atoms with Crippen LogP contribution in [0.2, 0.25) is 0 Å². The molecule has 0 unspecified atom stereocenters. The number of amides is 1. The molecule has 1 aliphatic rings. The fourth-order valence-electron chi connectivity index (χ4n) is 3.31.